The fourth-order valence-electron chi connectivity index (χ4n) is 4.20. The summed E-state index contributed by atoms with van der Waals surface area (Å²) in [6.07, 6.45) is 3.01. The van der Waals surface area contributed by atoms with Crippen LogP contribution in [0.3, 0.4) is 0 Å². The molecule has 2 N–H and O–H groups in total. The number of carbonyl (C=O) groups is 1. The molecule has 2 bridgehead atoms. The fourth-order valence-corrected chi connectivity index (χ4v) is 4.20. The molecule has 1 aromatic heterocycles. The minimum Gasteiger partial charge on any atom is -0.374 e. The molecule has 0 saturated carbocycles. The average Bonchev–Trinajstić information content (AvgIpc) is 3.47. The number of nitrogens with zero attached hydrogens (tertiary/aromatic N) is 4. The summed E-state index contributed by atoms with van der Waals surface area (Å²) in [4.78, 5) is 23.0. The van der Waals surface area contributed by atoms with Gasteiger partial charge in [-0.2, -0.15) is 5.26 Å². The number of hydrogen-bond acceptors (Lipinski definition) is 7. The summed E-state index contributed by atoms with van der Waals surface area (Å²) in [6, 6.07) is 19.7. The molecule has 2 fully saturated rings. The number of benzene rings is 2. The number of rotatable bonds is 6. The van der Waals surface area contributed by atoms with Gasteiger partial charge < -0.3 is 20.3 Å². The van der Waals surface area contributed by atoms with Gasteiger partial charge in [0.25, 0.3) is 5.91 Å². The number of carbonyl (C=O) groups excluding carboxylic acids is 1. The third-order valence-corrected chi connectivity index (χ3v) is 5.81. The molecule has 0 spiro atoms. The Morgan fingerprint density at radius 1 is 1.16 bits per heavy atom. The summed E-state index contributed by atoms with van der Waals surface area (Å²) in [5.41, 5.74) is 4.27. The van der Waals surface area contributed by atoms with Crippen molar-refractivity contribution in [3.8, 4) is 17.3 Å². The molecule has 2 saturated heterocycles. The highest BCUT2D eigenvalue weighted by Gasteiger charge is 2.38. The number of nitriles is 1. The lowest BCUT2D eigenvalue weighted by molar-refractivity contribution is 0.0958. The first-order valence-corrected chi connectivity index (χ1v) is 10.5. The first-order chi connectivity index (χ1) is 15.7. The van der Waals surface area contributed by atoms with E-state index >= 15 is 0 Å². The van der Waals surface area contributed by atoms with E-state index in [0.717, 1.165) is 36.5 Å². The number of hydrogen-bond donors (Lipinski definition) is 2. The molecule has 8 nitrogen and oxygen atoms in total. The van der Waals surface area contributed by atoms with E-state index in [0.29, 0.717) is 23.5 Å². The molecule has 1 amide bonds. The minimum atomic E-state index is -0.277. The Kier molecular flexibility index (Phi) is 5.40. The maximum Gasteiger partial charge on any atom is 0.252 e. The molecule has 2 atom stereocenters. The zero-order valence-electron chi connectivity index (χ0n) is 17.4. The van der Waals surface area contributed by atoms with Gasteiger partial charge in [0.05, 0.1) is 30.5 Å². The number of morpholine rings is 1. The quantitative estimate of drug-likeness (QED) is 0.584. The lowest BCUT2D eigenvalue weighted by Gasteiger charge is -2.29. The maximum atomic E-state index is 11.9. The molecule has 0 radical (unpaired) electrons. The first-order valence-electron chi connectivity index (χ1n) is 10.5. The van der Waals surface area contributed by atoms with Crippen LogP contribution < -0.4 is 15.5 Å². The molecule has 2 aliphatic rings. The van der Waals surface area contributed by atoms with Crippen LogP contribution in [0.4, 0.5) is 17.2 Å². The van der Waals surface area contributed by atoms with E-state index in [1.807, 2.05) is 24.3 Å². The van der Waals surface area contributed by atoms with E-state index in [1.54, 1.807) is 12.1 Å². The van der Waals surface area contributed by atoms with Gasteiger partial charge in [-0.05, 0) is 42.8 Å². The maximum absolute atomic E-state index is 11.9. The zero-order chi connectivity index (χ0) is 21.9. The molecule has 160 valence electrons. The van der Waals surface area contributed by atoms with E-state index < -0.39 is 0 Å². The normalized spacial score (nSPS) is 18.9. The predicted molar refractivity (Wildman–Crippen MR) is 121 cm³/mol. The Hall–Kier alpha value is -3.96. The van der Waals surface area contributed by atoms with Gasteiger partial charge in [-0.1, -0.05) is 12.1 Å². The highest BCUT2D eigenvalue weighted by Crippen LogP contribution is 2.33. The number of fused-ring (bicyclic) bond motifs is 2. The largest absolute Gasteiger partial charge is 0.374 e. The predicted octanol–water partition coefficient (Wildman–Crippen LogP) is 3.12. The molecular formula is C24H22N6O2. The fraction of sp³-hybridized carbons (Fsp3) is 0.250. The minimum absolute atomic E-state index is 0.0178. The van der Waals surface area contributed by atoms with Crippen LogP contribution in [0.25, 0.3) is 11.3 Å². The van der Waals surface area contributed by atoms with Crippen LogP contribution in [0.5, 0.6) is 0 Å². The van der Waals surface area contributed by atoms with Crippen molar-refractivity contribution in [1.82, 2.24) is 15.3 Å². The summed E-state index contributed by atoms with van der Waals surface area (Å²) in [6.45, 7) is 1.77. The first kappa shape index (κ1) is 20.0. The van der Waals surface area contributed by atoms with Crippen molar-refractivity contribution >= 4 is 23.1 Å². The average molecular weight is 426 g/mol. The summed E-state index contributed by atoms with van der Waals surface area (Å²) in [5, 5.41) is 14.4. The molecule has 32 heavy (non-hydrogen) atoms. The summed E-state index contributed by atoms with van der Waals surface area (Å²) in [5.74, 6) is 0.410. The Labute approximate surface area is 185 Å². The van der Waals surface area contributed by atoms with E-state index in [2.05, 4.69) is 49.8 Å². The Bertz CT molecular complexity index is 1160. The molecule has 2 aromatic carbocycles. The van der Waals surface area contributed by atoms with Gasteiger partial charge >= 0.3 is 0 Å². The van der Waals surface area contributed by atoms with E-state index in [9.17, 15) is 4.79 Å². The van der Waals surface area contributed by atoms with Crippen LogP contribution in [0.2, 0.25) is 0 Å². The van der Waals surface area contributed by atoms with Gasteiger partial charge in [-0.25, -0.2) is 9.97 Å². The van der Waals surface area contributed by atoms with Gasteiger partial charge in [0, 0.05) is 35.1 Å². The molecule has 8 heteroatoms. The van der Waals surface area contributed by atoms with Gasteiger partial charge in [0.2, 0.25) is 0 Å². The smallest absolute Gasteiger partial charge is 0.252 e. The standard InChI is InChI=1S/C24H22N6O2/c25-9-10-26-24(31)17-3-1-16(2-4-17)22-12-23(28-15-27-22)29-18-5-7-19(8-6-18)30-13-21-11-20(30)14-32-21/h1-8,12,15,20-21H,10-11,13-14H2,(H,26,31)(H,27,28,29). The van der Waals surface area contributed by atoms with Crippen molar-refractivity contribution < 1.29 is 9.53 Å². The van der Waals surface area contributed by atoms with Gasteiger partial charge in [0.15, 0.2) is 0 Å². The van der Waals surface area contributed by atoms with Crippen molar-refractivity contribution in [2.24, 2.45) is 0 Å². The lowest BCUT2D eigenvalue weighted by Crippen LogP contribution is -2.36. The lowest BCUT2D eigenvalue weighted by atomic mass is 10.1. The second-order valence-corrected chi connectivity index (χ2v) is 7.88. The molecular weight excluding hydrogens is 404 g/mol. The van der Waals surface area contributed by atoms with Crippen LogP contribution >= 0.6 is 0 Å². The molecule has 0 aliphatic carbocycles. The van der Waals surface area contributed by atoms with E-state index in [1.165, 1.54) is 12.0 Å². The zero-order valence-corrected chi connectivity index (χ0v) is 17.4. The second-order valence-electron chi connectivity index (χ2n) is 7.88. The van der Waals surface area contributed by atoms with Crippen LogP contribution in [0.1, 0.15) is 16.8 Å². The number of amides is 1. The van der Waals surface area contributed by atoms with Gasteiger partial charge in [-0.15, -0.1) is 0 Å². The van der Waals surface area contributed by atoms with Gasteiger partial charge in [-0.3, -0.25) is 4.79 Å². The van der Waals surface area contributed by atoms with E-state index in [4.69, 9.17) is 10.00 Å². The highest BCUT2D eigenvalue weighted by molar-refractivity contribution is 5.94. The van der Waals surface area contributed by atoms with Crippen molar-refractivity contribution in [3.05, 3.63) is 66.5 Å². The molecule has 5 rings (SSSR count). The number of ether oxygens (including phenoxy) is 1. The van der Waals surface area contributed by atoms with E-state index in [-0.39, 0.29) is 12.5 Å². The number of nitrogens with one attached hydrogen (secondary N) is 2. The second kappa shape index (κ2) is 8.65. The molecule has 3 heterocycles. The van der Waals surface area contributed by atoms with Crippen molar-refractivity contribution in [1.29, 1.82) is 5.26 Å². The number of aromatic nitrogens is 2. The molecule has 2 aliphatic heterocycles. The Morgan fingerprint density at radius 2 is 1.97 bits per heavy atom. The molecule has 3 aromatic rings. The highest BCUT2D eigenvalue weighted by atomic mass is 16.5. The summed E-state index contributed by atoms with van der Waals surface area (Å²) in [7, 11) is 0. The van der Waals surface area contributed by atoms with Crippen molar-refractivity contribution in [2.75, 3.05) is 29.9 Å². The Morgan fingerprint density at radius 3 is 2.66 bits per heavy atom. The molecule has 2 unspecified atom stereocenters. The topological polar surface area (TPSA) is 103 Å². The van der Waals surface area contributed by atoms with Crippen LogP contribution in [-0.4, -0.2) is 47.7 Å². The number of anilines is 3. The van der Waals surface area contributed by atoms with Crippen molar-refractivity contribution in [3.63, 3.8) is 0 Å². The summed E-state index contributed by atoms with van der Waals surface area (Å²) >= 11 is 0. The van der Waals surface area contributed by atoms with Crippen LogP contribution in [-0.2, 0) is 4.74 Å². The van der Waals surface area contributed by atoms with Gasteiger partial charge in [0.1, 0.15) is 18.7 Å². The van der Waals surface area contributed by atoms with Crippen LogP contribution in [0, 0.1) is 11.3 Å². The third-order valence-electron chi connectivity index (χ3n) is 5.81. The third kappa shape index (κ3) is 4.11. The van der Waals surface area contributed by atoms with Crippen molar-refractivity contribution in [2.45, 2.75) is 18.6 Å². The summed E-state index contributed by atoms with van der Waals surface area (Å²) < 4.78 is 5.69. The monoisotopic (exact) mass is 426 g/mol. The van der Waals surface area contributed by atoms with Crippen LogP contribution in [0.15, 0.2) is 60.9 Å². The SMILES string of the molecule is N#CCNC(=O)c1ccc(-c2cc(Nc3ccc(N4CC5CC4CO5)cc3)ncn2)cc1. The Balaban J connectivity index is 1.26.